The summed E-state index contributed by atoms with van der Waals surface area (Å²) in [6, 6.07) is -1.03. The Morgan fingerprint density at radius 2 is 2.18 bits per heavy atom. The summed E-state index contributed by atoms with van der Waals surface area (Å²) >= 11 is 3.17. The van der Waals surface area contributed by atoms with Gasteiger partial charge in [0.1, 0.15) is 36.2 Å². The van der Waals surface area contributed by atoms with E-state index in [0.717, 1.165) is 32.6 Å². The van der Waals surface area contributed by atoms with Crippen molar-refractivity contribution in [2.24, 2.45) is 5.16 Å². The number of thiazole rings is 1. The van der Waals surface area contributed by atoms with Crippen molar-refractivity contribution in [1.29, 1.82) is 0 Å². The third-order valence-electron chi connectivity index (χ3n) is 5.27. The molecule has 0 unspecified atom stereocenters. The van der Waals surface area contributed by atoms with Gasteiger partial charge in [0.2, 0.25) is 0 Å². The summed E-state index contributed by atoms with van der Waals surface area (Å²) in [5.41, 5.74) is 3.62. The summed E-state index contributed by atoms with van der Waals surface area (Å²) in [6.07, 6.45) is 1.86. The highest BCUT2D eigenvalue weighted by atomic mass is 32.2. The molecule has 16 nitrogen and oxygen atoms in total. The molecule has 2 amide bonds. The van der Waals surface area contributed by atoms with Gasteiger partial charge in [0, 0.05) is 11.1 Å². The van der Waals surface area contributed by atoms with Crippen LogP contribution < -0.4 is 22.2 Å². The number of allylic oxidation sites excluding steroid dienone is 1. The predicted molar refractivity (Wildman–Crippen MR) is 140 cm³/mol. The van der Waals surface area contributed by atoms with Crippen molar-refractivity contribution in [2.75, 3.05) is 18.6 Å². The predicted octanol–water partition coefficient (Wildman–Crippen LogP) is -1.44. The van der Waals surface area contributed by atoms with Crippen LogP contribution in [0.2, 0.25) is 0 Å². The first kappa shape index (κ1) is 27.8. The fourth-order valence-corrected chi connectivity index (χ4v) is 6.19. The average Bonchev–Trinajstić information content (AvgIpc) is 3.34. The molecule has 39 heavy (non-hydrogen) atoms. The molecule has 0 bridgehead atoms. The molecule has 204 valence electrons. The second kappa shape index (κ2) is 11.7. The standard InChI is InChI=1S/C20H18N8O8S3/c1-36-26-10(9-7-39-19(21)22-9)13(30)23-11-15(32)28-12(18(34)35)8(6-38-17(11)28)2-5-37-20-25-24-14(31)16(33)27(20)3-4-29/h2,4-5,7,11,17H,3,6H2,1H3,(H2,21,22)(H,23,30)(H,24,31)(H,34,35)/b5-2?,26-10-/t11-,17-/m1/s1. The van der Waals surface area contributed by atoms with Crippen LogP contribution in [0.4, 0.5) is 5.13 Å². The Morgan fingerprint density at radius 3 is 2.82 bits per heavy atom. The fraction of sp³-hybridized carbons (Fsp3) is 0.250. The van der Waals surface area contributed by atoms with Crippen molar-refractivity contribution in [3.63, 3.8) is 0 Å². The maximum Gasteiger partial charge on any atom is 0.352 e. The smallest absolute Gasteiger partial charge is 0.352 e. The Hall–Kier alpha value is -4.23. The van der Waals surface area contributed by atoms with E-state index in [0.29, 0.717) is 6.29 Å². The van der Waals surface area contributed by atoms with Crippen LogP contribution in [0.25, 0.3) is 0 Å². The number of anilines is 1. The van der Waals surface area contributed by atoms with E-state index in [-0.39, 0.29) is 38.7 Å². The van der Waals surface area contributed by atoms with E-state index in [1.807, 2.05) is 5.10 Å². The number of aldehydes is 1. The number of amides is 2. The highest BCUT2D eigenvalue weighted by Gasteiger charge is 2.54. The Balaban J connectivity index is 1.52. The highest BCUT2D eigenvalue weighted by molar-refractivity contribution is 8.02. The number of aromatic amines is 1. The van der Waals surface area contributed by atoms with E-state index < -0.39 is 46.9 Å². The number of nitrogens with two attached hydrogens (primary N) is 1. The molecular formula is C20H18N8O8S3. The number of hydrogen-bond donors (Lipinski definition) is 4. The number of H-pyrrole nitrogens is 1. The molecule has 19 heteroatoms. The molecule has 2 atom stereocenters. The van der Waals surface area contributed by atoms with Crippen molar-refractivity contribution >= 4 is 69.8 Å². The Morgan fingerprint density at radius 1 is 1.41 bits per heavy atom. The van der Waals surface area contributed by atoms with Gasteiger partial charge in [0.05, 0.1) is 6.54 Å². The van der Waals surface area contributed by atoms with E-state index in [4.69, 9.17) is 10.6 Å². The largest absolute Gasteiger partial charge is 0.477 e. The van der Waals surface area contributed by atoms with E-state index in [1.54, 1.807) is 0 Å². The number of aromatic nitrogens is 4. The third kappa shape index (κ3) is 5.49. The van der Waals surface area contributed by atoms with Crippen molar-refractivity contribution in [1.82, 2.24) is 30.0 Å². The van der Waals surface area contributed by atoms with Crippen molar-refractivity contribution in [3.05, 3.63) is 54.5 Å². The van der Waals surface area contributed by atoms with Crippen LogP contribution >= 0.6 is 34.9 Å². The quantitative estimate of drug-likeness (QED) is 0.0617. The number of rotatable bonds is 10. The Kier molecular flexibility index (Phi) is 8.31. The van der Waals surface area contributed by atoms with Crippen LogP contribution in [0, 0.1) is 0 Å². The van der Waals surface area contributed by atoms with E-state index in [1.165, 1.54) is 35.7 Å². The van der Waals surface area contributed by atoms with Crippen LogP contribution in [0.3, 0.4) is 0 Å². The summed E-state index contributed by atoms with van der Waals surface area (Å²) in [7, 11) is 1.24. The lowest BCUT2D eigenvalue weighted by Gasteiger charge is -2.49. The maximum absolute atomic E-state index is 12.9. The number of carboxylic acids is 1. The summed E-state index contributed by atoms with van der Waals surface area (Å²) in [5, 5.41) is 24.3. The third-order valence-corrected chi connectivity index (χ3v) is 8.04. The zero-order valence-electron chi connectivity index (χ0n) is 19.7. The van der Waals surface area contributed by atoms with Gasteiger partial charge in [-0.05, 0) is 17.1 Å². The van der Waals surface area contributed by atoms with E-state index in [9.17, 15) is 33.9 Å². The summed E-state index contributed by atoms with van der Waals surface area (Å²) in [4.78, 5) is 82.0. The van der Waals surface area contributed by atoms with Gasteiger partial charge in [-0.1, -0.05) is 16.9 Å². The van der Waals surface area contributed by atoms with Crippen LogP contribution in [0.1, 0.15) is 5.69 Å². The summed E-state index contributed by atoms with van der Waals surface area (Å²) < 4.78 is 0.867. The summed E-state index contributed by atoms with van der Waals surface area (Å²) in [6.45, 7) is -0.394. The molecule has 0 radical (unpaired) electrons. The molecule has 0 saturated carbocycles. The molecular weight excluding hydrogens is 576 g/mol. The molecule has 0 aliphatic carbocycles. The van der Waals surface area contributed by atoms with Crippen LogP contribution in [0.15, 0.2) is 48.0 Å². The zero-order chi connectivity index (χ0) is 28.3. The van der Waals surface area contributed by atoms with Crippen LogP contribution in [-0.4, -0.2) is 83.8 Å². The number of β-lactam (4-membered cyclic amide) rings is 1. The van der Waals surface area contributed by atoms with Crippen molar-refractivity contribution < 1.29 is 29.1 Å². The molecule has 4 rings (SSSR count). The number of carbonyl (C=O) groups is 4. The Bertz CT molecular complexity index is 1560. The number of carboxylic acid groups (broad SMARTS) is 1. The monoisotopic (exact) mass is 594 g/mol. The van der Waals surface area contributed by atoms with Gasteiger partial charge >= 0.3 is 17.1 Å². The SMILES string of the molecule is CO/N=C(\C(=O)N[C@@H]1C(=O)N2C(C(=O)O)=C(C=CSc3n[nH]c(=O)c(=O)n3CC=O)CS[C@H]12)c1csc(N)n1. The first-order valence-corrected chi connectivity index (χ1v) is 13.5. The normalized spacial score (nSPS) is 19.1. The van der Waals surface area contributed by atoms with Gasteiger partial charge in [0.25, 0.3) is 11.8 Å². The van der Waals surface area contributed by atoms with Gasteiger partial charge in [-0.15, -0.1) is 28.2 Å². The molecule has 4 heterocycles. The number of nitrogens with one attached hydrogen (secondary N) is 2. The van der Waals surface area contributed by atoms with E-state index in [2.05, 4.69) is 20.6 Å². The number of carbonyl (C=O) groups excluding carboxylic acids is 3. The fourth-order valence-electron chi connectivity index (χ4n) is 3.59. The number of fused-ring (bicyclic) bond motifs is 1. The van der Waals surface area contributed by atoms with Crippen LogP contribution in [-0.2, 0) is 30.6 Å². The molecule has 0 aromatic carbocycles. The molecule has 1 fully saturated rings. The first-order valence-electron chi connectivity index (χ1n) is 10.7. The lowest BCUT2D eigenvalue weighted by molar-refractivity contribution is -0.150. The van der Waals surface area contributed by atoms with Gasteiger partial charge < -0.3 is 25.8 Å². The number of aliphatic carboxylic acids is 1. The number of hydrogen-bond acceptors (Lipinski definition) is 14. The Labute approximate surface area is 230 Å². The molecule has 2 aliphatic rings. The number of thioether (sulfide) groups is 2. The lowest BCUT2D eigenvalue weighted by atomic mass is 10.0. The molecule has 2 aliphatic heterocycles. The highest BCUT2D eigenvalue weighted by Crippen LogP contribution is 2.41. The van der Waals surface area contributed by atoms with Crippen molar-refractivity contribution in [3.8, 4) is 0 Å². The topological polar surface area (TPSA) is 232 Å². The minimum absolute atomic E-state index is 0.0000345. The average molecular weight is 595 g/mol. The van der Waals surface area contributed by atoms with Gasteiger partial charge in [-0.25, -0.2) is 14.9 Å². The number of oxime groups is 1. The molecule has 0 spiro atoms. The van der Waals surface area contributed by atoms with Gasteiger partial charge in [-0.3, -0.25) is 28.6 Å². The first-order chi connectivity index (χ1) is 18.7. The van der Waals surface area contributed by atoms with Crippen LogP contribution in [0.5, 0.6) is 0 Å². The number of nitrogen functional groups attached to an aromatic ring is 1. The summed E-state index contributed by atoms with van der Waals surface area (Å²) in [5.74, 6) is -2.59. The zero-order valence-corrected chi connectivity index (χ0v) is 22.2. The lowest BCUT2D eigenvalue weighted by Crippen LogP contribution is -2.71. The number of nitrogens with zero attached hydrogens (tertiary/aromatic N) is 5. The van der Waals surface area contributed by atoms with Gasteiger partial charge in [-0.2, -0.15) is 0 Å². The second-order valence-corrected chi connectivity index (χ2v) is 10.4. The minimum Gasteiger partial charge on any atom is -0.477 e. The van der Waals surface area contributed by atoms with E-state index >= 15 is 0 Å². The maximum atomic E-state index is 12.9. The van der Waals surface area contributed by atoms with Crippen molar-refractivity contribution in [2.45, 2.75) is 23.1 Å². The minimum atomic E-state index is -1.36. The molecule has 2 aromatic heterocycles. The second-order valence-electron chi connectivity index (χ2n) is 7.57. The molecule has 5 N–H and O–H groups in total. The molecule has 1 saturated heterocycles. The van der Waals surface area contributed by atoms with Gasteiger partial charge in [0.15, 0.2) is 16.0 Å². The molecule has 2 aromatic rings.